The molecule has 0 fully saturated rings. The predicted octanol–water partition coefficient (Wildman–Crippen LogP) is -0.833. The molecule has 2 atom stereocenters. The Bertz CT molecular complexity index is 423. The zero-order valence-corrected chi connectivity index (χ0v) is 9.17. The highest BCUT2D eigenvalue weighted by Crippen LogP contribution is 2.35. The molecule has 0 aromatic heterocycles. The Morgan fingerprint density at radius 2 is 1.72 bits per heavy atom. The SMILES string of the molecule is N.O=[N+]([O-])c1cccc(O)c1C(O)C(O)C(O)O. The van der Waals surface area contributed by atoms with Crippen LogP contribution in [0.4, 0.5) is 5.69 Å². The number of phenolic OH excluding ortho intramolecular Hbond substituents is 1. The van der Waals surface area contributed by atoms with Crippen molar-refractivity contribution in [1.29, 1.82) is 0 Å². The first kappa shape index (κ1) is 16.2. The van der Waals surface area contributed by atoms with Gasteiger partial charge >= 0.3 is 0 Å². The number of hydrogen-bond acceptors (Lipinski definition) is 8. The molecule has 1 rings (SSSR count). The second kappa shape index (κ2) is 6.23. The molecule has 102 valence electrons. The molecule has 0 amide bonds. The number of nitro benzene ring substituents is 1. The summed E-state index contributed by atoms with van der Waals surface area (Å²) >= 11 is 0. The van der Waals surface area contributed by atoms with E-state index in [1.54, 1.807) is 0 Å². The van der Waals surface area contributed by atoms with Crippen LogP contribution >= 0.6 is 0 Å². The van der Waals surface area contributed by atoms with E-state index >= 15 is 0 Å². The Hall–Kier alpha value is -1.78. The maximum Gasteiger partial charge on any atom is 0.279 e. The van der Waals surface area contributed by atoms with Gasteiger partial charge in [-0.25, -0.2) is 0 Å². The van der Waals surface area contributed by atoms with E-state index in [4.69, 9.17) is 10.2 Å². The Kier molecular flexibility index (Phi) is 5.62. The molecule has 18 heavy (non-hydrogen) atoms. The van der Waals surface area contributed by atoms with Gasteiger partial charge in [-0.05, 0) is 6.07 Å². The fraction of sp³-hybridized carbons (Fsp3) is 0.333. The molecule has 0 saturated carbocycles. The average Bonchev–Trinajstić information content (AvgIpc) is 2.26. The largest absolute Gasteiger partial charge is 0.507 e. The third kappa shape index (κ3) is 3.12. The normalized spacial score (nSPS) is 13.8. The van der Waals surface area contributed by atoms with Crippen molar-refractivity contribution in [3.8, 4) is 5.75 Å². The summed E-state index contributed by atoms with van der Waals surface area (Å²) in [6.07, 6.45) is -6.34. The van der Waals surface area contributed by atoms with Gasteiger partial charge in [0.25, 0.3) is 5.69 Å². The van der Waals surface area contributed by atoms with Crippen molar-refractivity contribution >= 4 is 5.69 Å². The van der Waals surface area contributed by atoms with Crippen LogP contribution < -0.4 is 6.15 Å². The van der Waals surface area contributed by atoms with Crippen molar-refractivity contribution in [2.75, 3.05) is 0 Å². The summed E-state index contributed by atoms with van der Waals surface area (Å²) in [6, 6.07) is 3.27. The molecule has 1 aromatic carbocycles. The molecule has 0 radical (unpaired) electrons. The van der Waals surface area contributed by atoms with Crippen LogP contribution in [0.3, 0.4) is 0 Å². The molecule has 8 N–H and O–H groups in total. The fourth-order valence-electron chi connectivity index (χ4n) is 1.34. The molecule has 1 aromatic rings. The quantitative estimate of drug-likeness (QED) is 0.231. The maximum atomic E-state index is 10.6. The first-order chi connectivity index (χ1) is 7.86. The zero-order valence-electron chi connectivity index (χ0n) is 9.17. The van der Waals surface area contributed by atoms with E-state index in [0.717, 1.165) is 12.1 Å². The van der Waals surface area contributed by atoms with Crippen LogP contribution in [0.25, 0.3) is 0 Å². The monoisotopic (exact) mass is 262 g/mol. The highest BCUT2D eigenvalue weighted by atomic mass is 16.6. The Morgan fingerprint density at radius 1 is 1.17 bits per heavy atom. The first-order valence-corrected chi connectivity index (χ1v) is 4.54. The number of benzene rings is 1. The number of nitro groups is 1. The number of aliphatic hydroxyl groups excluding tert-OH is 3. The standard InChI is InChI=1S/C9H11NO7.H3N/c11-5-3-1-2-4(10(16)17)6(5)7(12)8(13)9(14)15;/h1-3,7-9,11-15H;1H3. The van der Waals surface area contributed by atoms with Crippen LogP contribution in [0, 0.1) is 10.1 Å². The summed E-state index contributed by atoms with van der Waals surface area (Å²) in [5.74, 6) is -0.619. The van der Waals surface area contributed by atoms with Gasteiger partial charge in [-0.1, -0.05) is 6.07 Å². The third-order valence-electron chi connectivity index (χ3n) is 2.18. The van der Waals surface area contributed by atoms with Gasteiger partial charge in [0.2, 0.25) is 0 Å². The van der Waals surface area contributed by atoms with Crippen LogP contribution in [0.1, 0.15) is 11.7 Å². The topological polar surface area (TPSA) is 179 Å². The van der Waals surface area contributed by atoms with Crippen LogP contribution in [0.15, 0.2) is 18.2 Å². The fourth-order valence-corrected chi connectivity index (χ4v) is 1.34. The van der Waals surface area contributed by atoms with E-state index in [-0.39, 0.29) is 6.15 Å². The van der Waals surface area contributed by atoms with Crippen molar-refractivity contribution in [3.05, 3.63) is 33.9 Å². The summed E-state index contributed by atoms with van der Waals surface area (Å²) in [6.45, 7) is 0. The van der Waals surface area contributed by atoms with Gasteiger partial charge in [-0.2, -0.15) is 0 Å². The molecule has 0 bridgehead atoms. The summed E-state index contributed by atoms with van der Waals surface area (Å²) in [4.78, 5) is 9.78. The van der Waals surface area contributed by atoms with E-state index in [2.05, 4.69) is 0 Å². The van der Waals surface area contributed by atoms with Crippen LogP contribution in [0.2, 0.25) is 0 Å². The van der Waals surface area contributed by atoms with Crippen molar-refractivity contribution in [2.45, 2.75) is 18.5 Å². The summed E-state index contributed by atoms with van der Waals surface area (Å²) in [5, 5.41) is 56.1. The summed E-state index contributed by atoms with van der Waals surface area (Å²) < 4.78 is 0. The molecule has 0 aliphatic carbocycles. The molecule has 0 aliphatic rings. The van der Waals surface area contributed by atoms with Gasteiger partial charge in [0, 0.05) is 6.07 Å². The Balaban J connectivity index is 0.00000289. The lowest BCUT2D eigenvalue weighted by molar-refractivity contribution is -0.386. The van der Waals surface area contributed by atoms with E-state index in [0.29, 0.717) is 0 Å². The minimum Gasteiger partial charge on any atom is -0.507 e. The Labute approximate surface area is 101 Å². The van der Waals surface area contributed by atoms with Gasteiger partial charge in [0.1, 0.15) is 23.5 Å². The van der Waals surface area contributed by atoms with Crippen LogP contribution in [-0.4, -0.2) is 42.8 Å². The molecule has 9 nitrogen and oxygen atoms in total. The number of nitrogens with zero attached hydrogens (tertiary/aromatic N) is 1. The van der Waals surface area contributed by atoms with Crippen LogP contribution in [0.5, 0.6) is 5.75 Å². The smallest absolute Gasteiger partial charge is 0.279 e. The van der Waals surface area contributed by atoms with Crippen molar-refractivity contribution < 1.29 is 30.5 Å². The van der Waals surface area contributed by atoms with Gasteiger partial charge in [0.15, 0.2) is 6.29 Å². The lowest BCUT2D eigenvalue weighted by Gasteiger charge is -2.20. The minimum absolute atomic E-state index is 0. The van der Waals surface area contributed by atoms with Crippen molar-refractivity contribution in [1.82, 2.24) is 6.15 Å². The average molecular weight is 262 g/mol. The maximum absolute atomic E-state index is 10.6. The van der Waals surface area contributed by atoms with Crippen molar-refractivity contribution in [3.63, 3.8) is 0 Å². The molecular formula is C9H14N2O7. The predicted molar refractivity (Wildman–Crippen MR) is 59.0 cm³/mol. The van der Waals surface area contributed by atoms with E-state index in [9.17, 15) is 25.4 Å². The van der Waals surface area contributed by atoms with Gasteiger partial charge in [-0.3, -0.25) is 10.1 Å². The van der Waals surface area contributed by atoms with E-state index in [1.165, 1.54) is 6.07 Å². The van der Waals surface area contributed by atoms with Gasteiger partial charge in [0.05, 0.1) is 4.92 Å². The van der Waals surface area contributed by atoms with Gasteiger partial charge < -0.3 is 31.7 Å². The highest BCUT2D eigenvalue weighted by molar-refractivity contribution is 5.50. The molecule has 9 heteroatoms. The number of aromatic hydroxyl groups is 1. The highest BCUT2D eigenvalue weighted by Gasteiger charge is 2.32. The lowest BCUT2D eigenvalue weighted by atomic mass is 10.0. The minimum atomic E-state index is -2.29. The molecule has 0 saturated heterocycles. The van der Waals surface area contributed by atoms with Crippen LogP contribution in [-0.2, 0) is 0 Å². The second-order valence-corrected chi connectivity index (χ2v) is 3.32. The van der Waals surface area contributed by atoms with E-state index in [1.807, 2.05) is 0 Å². The second-order valence-electron chi connectivity index (χ2n) is 3.32. The Morgan fingerprint density at radius 3 is 2.17 bits per heavy atom. The molecule has 2 unspecified atom stereocenters. The third-order valence-corrected chi connectivity index (χ3v) is 2.18. The lowest BCUT2D eigenvalue weighted by Crippen LogP contribution is -2.32. The summed E-state index contributed by atoms with van der Waals surface area (Å²) in [7, 11) is 0. The molecular weight excluding hydrogens is 248 g/mol. The number of hydrogen-bond donors (Lipinski definition) is 6. The molecule has 0 heterocycles. The molecule has 0 spiro atoms. The molecule has 0 aliphatic heterocycles. The number of aliphatic hydroxyl groups is 4. The number of rotatable bonds is 4. The van der Waals surface area contributed by atoms with Gasteiger partial charge in [-0.15, -0.1) is 0 Å². The van der Waals surface area contributed by atoms with Crippen molar-refractivity contribution in [2.24, 2.45) is 0 Å². The van der Waals surface area contributed by atoms with E-state index < -0.39 is 40.4 Å². The first-order valence-electron chi connectivity index (χ1n) is 4.54. The number of phenols is 1. The zero-order chi connectivity index (χ0) is 13.2. The summed E-state index contributed by atoms with van der Waals surface area (Å²) in [5.41, 5.74) is -1.20.